The summed E-state index contributed by atoms with van der Waals surface area (Å²) in [5.41, 5.74) is 0. The number of carbonyl (C=O) groups is 1. The van der Waals surface area contributed by atoms with Gasteiger partial charge < -0.3 is 5.11 Å². The monoisotopic (exact) mass is 190 g/mol. The summed E-state index contributed by atoms with van der Waals surface area (Å²) < 4.78 is 25.6. The van der Waals surface area contributed by atoms with Crippen molar-refractivity contribution in [2.45, 2.75) is 31.6 Å². The van der Waals surface area contributed by atoms with Crippen LogP contribution in [0, 0.1) is 5.92 Å². The smallest absolute Gasteiger partial charge is 0.327 e. The molecule has 4 heteroatoms. The summed E-state index contributed by atoms with van der Waals surface area (Å²) in [7, 11) is 0. The fourth-order valence-corrected chi connectivity index (χ4v) is 1.60. The van der Waals surface area contributed by atoms with E-state index in [0.29, 0.717) is 0 Å². The molecule has 0 aromatic carbocycles. The van der Waals surface area contributed by atoms with Crippen molar-refractivity contribution >= 4 is 5.97 Å². The number of carboxylic acids is 1. The highest BCUT2D eigenvalue weighted by atomic mass is 19.1. The zero-order valence-electron chi connectivity index (χ0n) is 7.12. The molecule has 1 aliphatic rings. The molecule has 13 heavy (non-hydrogen) atoms. The van der Waals surface area contributed by atoms with Gasteiger partial charge in [0.05, 0.1) is 0 Å². The molecule has 1 fully saturated rings. The molecule has 2 atom stereocenters. The summed E-state index contributed by atoms with van der Waals surface area (Å²) in [6.07, 6.45) is 0.501. The first kappa shape index (κ1) is 10.2. The first-order chi connectivity index (χ1) is 6.08. The van der Waals surface area contributed by atoms with Gasteiger partial charge in [0, 0.05) is 12.5 Å². The molecule has 1 saturated carbocycles. The minimum Gasteiger partial charge on any atom is -0.478 e. The zero-order chi connectivity index (χ0) is 9.84. The van der Waals surface area contributed by atoms with E-state index in [0.717, 1.165) is 6.08 Å². The second kappa shape index (κ2) is 4.35. The van der Waals surface area contributed by atoms with Gasteiger partial charge in [-0.3, -0.25) is 0 Å². The Bertz CT molecular complexity index is 206. The van der Waals surface area contributed by atoms with E-state index < -0.39 is 18.3 Å². The molecule has 1 aliphatic carbocycles. The highest BCUT2D eigenvalue weighted by molar-refractivity contribution is 5.79. The van der Waals surface area contributed by atoms with Crippen LogP contribution in [0.2, 0.25) is 0 Å². The average Bonchev–Trinajstić information content (AvgIpc) is 1.99. The van der Waals surface area contributed by atoms with Crippen LogP contribution in [0.4, 0.5) is 8.78 Å². The number of hydrogen-bond donors (Lipinski definition) is 1. The highest BCUT2D eigenvalue weighted by Crippen LogP contribution is 2.29. The molecule has 0 radical (unpaired) electrons. The SMILES string of the molecule is O=C(O)/C=C/C1CC(F)CC(F)C1. The quantitative estimate of drug-likeness (QED) is 0.677. The fourth-order valence-electron chi connectivity index (χ4n) is 1.60. The molecular formula is C9H12F2O2. The van der Waals surface area contributed by atoms with Crippen LogP contribution < -0.4 is 0 Å². The zero-order valence-corrected chi connectivity index (χ0v) is 7.12. The summed E-state index contributed by atoms with van der Waals surface area (Å²) in [5.74, 6) is -1.34. The van der Waals surface area contributed by atoms with Gasteiger partial charge in [0.2, 0.25) is 0 Å². The van der Waals surface area contributed by atoms with Crippen LogP contribution in [-0.2, 0) is 4.79 Å². The van der Waals surface area contributed by atoms with Crippen molar-refractivity contribution in [1.82, 2.24) is 0 Å². The Morgan fingerprint density at radius 2 is 1.77 bits per heavy atom. The summed E-state index contributed by atoms with van der Waals surface area (Å²) in [4.78, 5) is 10.1. The molecule has 2 unspecified atom stereocenters. The highest BCUT2D eigenvalue weighted by Gasteiger charge is 2.27. The van der Waals surface area contributed by atoms with E-state index in [4.69, 9.17) is 5.11 Å². The van der Waals surface area contributed by atoms with E-state index in [1.165, 1.54) is 6.08 Å². The minimum absolute atomic E-state index is 0.0442. The van der Waals surface area contributed by atoms with Crippen molar-refractivity contribution in [3.63, 3.8) is 0 Å². The molecule has 0 heterocycles. The van der Waals surface area contributed by atoms with Crippen molar-refractivity contribution in [3.05, 3.63) is 12.2 Å². The molecule has 74 valence electrons. The molecule has 1 N–H and O–H groups in total. The Kier molecular flexibility index (Phi) is 3.39. The first-order valence-electron chi connectivity index (χ1n) is 4.27. The van der Waals surface area contributed by atoms with Gasteiger partial charge in [-0.2, -0.15) is 0 Å². The number of carboxylic acid groups (broad SMARTS) is 1. The lowest BCUT2D eigenvalue weighted by Gasteiger charge is -2.24. The number of halogens is 2. The summed E-state index contributed by atoms with van der Waals surface area (Å²) in [6, 6.07) is 0. The van der Waals surface area contributed by atoms with Gasteiger partial charge in [-0.25, -0.2) is 13.6 Å². The maximum Gasteiger partial charge on any atom is 0.327 e. The second-order valence-electron chi connectivity index (χ2n) is 3.36. The Morgan fingerprint density at radius 1 is 1.23 bits per heavy atom. The molecule has 0 bridgehead atoms. The number of rotatable bonds is 2. The van der Waals surface area contributed by atoms with Gasteiger partial charge in [-0.05, 0) is 18.8 Å². The molecule has 0 aromatic rings. The normalized spacial score (nSPS) is 35.1. The molecule has 0 aromatic heterocycles. The molecular weight excluding hydrogens is 178 g/mol. The fraction of sp³-hybridized carbons (Fsp3) is 0.667. The first-order valence-corrected chi connectivity index (χ1v) is 4.27. The molecule has 1 rings (SSSR count). The van der Waals surface area contributed by atoms with Crippen LogP contribution in [0.3, 0.4) is 0 Å². The number of aliphatic carboxylic acids is 1. The minimum atomic E-state index is -1.13. The van der Waals surface area contributed by atoms with E-state index >= 15 is 0 Å². The number of hydrogen-bond acceptors (Lipinski definition) is 1. The van der Waals surface area contributed by atoms with Crippen LogP contribution in [0.25, 0.3) is 0 Å². The van der Waals surface area contributed by atoms with Crippen molar-refractivity contribution in [2.24, 2.45) is 5.92 Å². The summed E-state index contributed by atoms with van der Waals surface area (Å²) in [5, 5.41) is 8.30. The Labute approximate surface area is 75.3 Å². The van der Waals surface area contributed by atoms with Crippen LogP contribution >= 0.6 is 0 Å². The van der Waals surface area contributed by atoms with E-state index in [1.807, 2.05) is 0 Å². The maximum absolute atomic E-state index is 12.8. The van der Waals surface area contributed by atoms with Gasteiger partial charge in [0.25, 0.3) is 0 Å². The molecule has 0 aliphatic heterocycles. The van der Waals surface area contributed by atoms with Crippen molar-refractivity contribution < 1.29 is 18.7 Å². The molecule has 0 spiro atoms. The predicted molar refractivity (Wildman–Crippen MR) is 43.9 cm³/mol. The third-order valence-corrected chi connectivity index (χ3v) is 2.14. The van der Waals surface area contributed by atoms with Gasteiger partial charge in [-0.15, -0.1) is 0 Å². The third kappa shape index (κ3) is 3.53. The van der Waals surface area contributed by atoms with Gasteiger partial charge in [0.1, 0.15) is 12.3 Å². The van der Waals surface area contributed by atoms with E-state index in [2.05, 4.69) is 0 Å². The maximum atomic E-state index is 12.8. The van der Waals surface area contributed by atoms with Gasteiger partial charge in [-0.1, -0.05) is 6.08 Å². The van der Waals surface area contributed by atoms with Crippen LogP contribution in [0.5, 0.6) is 0 Å². The average molecular weight is 190 g/mol. The molecule has 0 amide bonds. The van der Waals surface area contributed by atoms with Crippen LogP contribution in [-0.4, -0.2) is 23.4 Å². The van der Waals surface area contributed by atoms with Gasteiger partial charge in [0.15, 0.2) is 0 Å². The van der Waals surface area contributed by atoms with E-state index in [1.54, 1.807) is 0 Å². The van der Waals surface area contributed by atoms with Crippen LogP contribution in [0.1, 0.15) is 19.3 Å². The largest absolute Gasteiger partial charge is 0.478 e. The number of allylic oxidation sites excluding steroid dienone is 1. The molecule has 2 nitrogen and oxygen atoms in total. The van der Waals surface area contributed by atoms with Crippen molar-refractivity contribution in [1.29, 1.82) is 0 Å². The van der Waals surface area contributed by atoms with Gasteiger partial charge >= 0.3 is 5.97 Å². The topological polar surface area (TPSA) is 37.3 Å². The standard InChI is InChI=1S/C9H12F2O2/c10-7-3-6(1-2-9(12)13)4-8(11)5-7/h1-2,6-8H,3-5H2,(H,12,13)/b2-1+. The number of alkyl halides is 2. The molecule has 0 saturated heterocycles. The lowest BCUT2D eigenvalue weighted by molar-refractivity contribution is -0.131. The lowest BCUT2D eigenvalue weighted by Crippen LogP contribution is -2.23. The van der Waals surface area contributed by atoms with Crippen molar-refractivity contribution in [2.75, 3.05) is 0 Å². The predicted octanol–water partition coefficient (Wildman–Crippen LogP) is 2.10. The van der Waals surface area contributed by atoms with Crippen LogP contribution in [0.15, 0.2) is 12.2 Å². The summed E-state index contributed by atoms with van der Waals surface area (Å²) in [6.45, 7) is 0. The van der Waals surface area contributed by atoms with E-state index in [9.17, 15) is 13.6 Å². The van der Waals surface area contributed by atoms with Crippen molar-refractivity contribution in [3.8, 4) is 0 Å². The Morgan fingerprint density at radius 3 is 2.23 bits per heavy atom. The Hall–Kier alpha value is -0.930. The Balaban J connectivity index is 2.46. The lowest BCUT2D eigenvalue weighted by atomic mass is 9.86. The third-order valence-electron chi connectivity index (χ3n) is 2.14. The van der Waals surface area contributed by atoms with E-state index in [-0.39, 0.29) is 25.2 Å². The summed E-state index contributed by atoms with van der Waals surface area (Å²) >= 11 is 0. The second-order valence-corrected chi connectivity index (χ2v) is 3.36.